The molecule has 0 rings (SSSR count). The Balaban J connectivity index is 4.17. The first-order valence-corrected chi connectivity index (χ1v) is 7.00. The fourth-order valence-electron chi connectivity index (χ4n) is 1.09. The summed E-state index contributed by atoms with van der Waals surface area (Å²) < 4.78 is 22.8. The van der Waals surface area contributed by atoms with Crippen molar-refractivity contribution in [3.05, 3.63) is 0 Å². The summed E-state index contributed by atoms with van der Waals surface area (Å²) in [4.78, 5) is 11.3. The van der Waals surface area contributed by atoms with Crippen LogP contribution in [-0.2, 0) is 14.6 Å². The van der Waals surface area contributed by atoms with Crippen LogP contribution in [0.15, 0.2) is 0 Å². The summed E-state index contributed by atoms with van der Waals surface area (Å²) in [6.45, 7) is 7.39. The minimum Gasteiger partial charge on any atom is -0.351 e. The first-order valence-electron chi connectivity index (χ1n) is 5.18. The normalized spacial score (nSPS) is 12.5. The Morgan fingerprint density at radius 1 is 1.27 bits per heavy atom. The zero-order chi connectivity index (χ0) is 12.1. The Bertz CT molecular complexity index is 301. The van der Waals surface area contributed by atoms with Gasteiger partial charge in [0.05, 0.1) is 5.75 Å². The summed E-state index contributed by atoms with van der Waals surface area (Å²) in [7, 11) is -3.23. The lowest BCUT2D eigenvalue weighted by atomic mass is 10.1. The molecule has 1 N–H and O–H groups in total. The third kappa shape index (κ3) is 8.42. The van der Waals surface area contributed by atoms with Crippen LogP contribution in [-0.4, -0.2) is 31.4 Å². The lowest BCUT2D eigenvalue weighted by Gasteiger charge is -2.20. The second-order valence-electron chi connectivity index (χ2n) is 4.74. The molecule has 0 aliphatic rings. The minimum atomic E-state index is -3.23. The predicted octanol–water partition coefficient (Wildman–Crippen LogP) is 1.12. The summed E-state index contributed by atoms with van der Waals surface area (Å²) >= 11 is 0. The van der Waals surface area contributed by atoms with Crippen LogP contribution in [0.4, 0.5) is 0 Å². The molecule has 0 fully saturated rings. The molecule has 15 heavy (non-hydrogen) atoms. The summed E-state index contributed by atoms with van der Waals surface area (Å²) in [6.07, 6.45) is 1.44. The number of amides is 1. The molecule has 90 valence electrons. The number of nitrogens with one attached hydrogen (secondary N) is 1. The second-order valence-corrected chi connectivity index (χ2v) is 6.93. The van der Waals surface area contributed by atoms with Crippen LogP contribution in [0.3, 0.4) is 0 Å². The van der Waals surface area contributed by atoms with E-state index in [0.29, 0.717) is 6.42 Å². The fourth-order valence-corrected chi connectivity index (χ4v) is 2.43. The summed E-state index contributed by atoms with van der Waals surface area (Å²) in [5, 5.41) is 2.63. The number of sulfone groups is 1. The molecule has 0 spiro atoms. The smallest absolute Gasteiger partial charge is 0.235 e. The summed E-state index contributed by atoms with van der Waals surface area (Å²) in [5.41, 5.74) is -0.378. The first-order chi connectivity index (χ1) is 6.66. The van der Waals surface area contributed by atoms with Crippen molar-refractivity contribution in [2.75, 3.05) is 11.5 Å². The molecule has 0 aromatic rings. The molecule has 5 heteroatoms. The van der Waals surface area contributed by atoms with Crippen LogP contribution >= 0.6 is 0 Å². The topological polar surface area (TPSA) is 63.2 Å². The molecule has 0 aliphatic heterocycles. The molecule has 4 nitrogen and oxygen atoms in total. The van der Waals surface area contributed by atoms with E-state index in [4.69, 9.17) is 0 Å². The summed E-state index contributed by atoms with van der Waals surface area (Å²) in [5.74, 6) is -0.718. The highest BCUT2D eigenvalue weighted by Crippen LogP contribution is 2.01. The van der Waals surface area contributed by atoms with Gasteiger partial charge in [-0.05, 0) is 27.2 Å². The Hall–Kier alpha value is -0.580. The van der Waals surface area contributed by atoms with E-state index in [0.717, 1.165) is 6.42 Å². The standard InChI is InChI=1S/C10H21NO3S/c1-5-6-7-15(13,14)8-9(12)11-10(2,3)4/h5-8H2,1-4H3,(H,11,12). The lowest BCUT2D eigenvalue weighted by molar-refractivity contribution is -0.120. The largest absolute Gasteiger partial charge is 0.351 e. The van der Waals surface area contributed by atoms with Crippen molar-refractivity contribution < 1.29 is 13.2 Å². The number of hydrogen-bond acceptors (Lipinski definition) is 3. The molecule has 1 amide bonds. The van der Waals surface area contributed by atoms with E-state index in [2.05, 4.69) is 5.32 Å². The van der Waals surface area contributed by atoms with E-state index in [1.54, 1.807) is 0 Å². The van der Waals surface area contributed by atoms with E-state index in [-0.39, 0.29) is 11.3 Å². The quantitative estimate of drug-likeness (QED) is 0.776. The molecule has 0 aromatic carbocycles. The molecule has 0 heterocycles. The maximum Gasteiger partial charge on any atom is 0.235 e. The van der Waals surface area contributed by atoms with E-state index in [9.17, 15) is 13.2 Å². The van der Waals surface area contributed by atoms with Gasteiger partial charge in [-0.15, -0.1) is 0 Å². The van der Waals surface area contributed by atoms with E-state index < -0.39 is 21.5 Å². The Kier molecular flexibility index (Phi) is 5.28. The maximum atomic E-state index is 11.4. The first kappa shape index (κ1) is 14.4. The van der Waals surface area contributed by atoms with Gasteiger partial charge in [0.25, 0.3) is 0 Å². The van der Waals surface area contributed by atoms with Gasteiger partial charge in [-0.2, -0.15) is 0 Å². The van der Waals surface area contributed by atoms with E-state index in [1.807, 2.05) is 27.7 Å². The van der Waals surface area contributed by atoms with Gasteiger partial charge in [-0.3, -0.25) is 4.79 Å². The molecule has 0 aromatic heterocycles. The number of carbonyl (C=O) groups is 1. The lowest BCUT2D eigenvalue weighted by Crippen LogP contribution is -2.43. The predicted molar refractivity (Wildman–Crippen MR) is 61.5 cm³/mol. The van der Waals surface area contributed by atoms with Crippen molar-refractivity contribution >= 4 is 15.7 Å². The third-order valence-corrected chi connectivity index (χ3v) is 3.29. The minimum absolute atomic E-state index is 0.0983. The van der Waals surface area contributed by atoms with Gasteiger partial charge >= 0.3 is 0 Å². The van der Waals surface area contributed by atoms with Crippen LogP contribution in [0, 0.1) is 0 Å². The molecular weight excluding hydrogens is 214 g/mol. The Morgan fingerprint density at radius 2 is 1.80 bits per heavy atom. The molecule has 0 radical (unpaired) electrons. The van der Waals surface area contributed by atoms with Crippen LogP contribution in [0.25, 0.3) is 0 Å². The molecule has 0 aliphatic carbocycles. The van der Waals surface area contributed by atoms with Gasteiger partial charge in [0.2, 0.25) is 5.91 Å². The molecular formula is C10H21NO3S. The van der Waals surface area contributed by atoms with Crippen molar-refractivity contribution in [2.24, 2.45) is 0 Å². The van der Waals surface area contributed by atoms with Crippen LogP contribution in [0.5, 0.6) is 0 Å². The van der Waals surface area contributed by atoms with Gasteiger partial charge in [0, 0.05) is 5.54 Å². The van der Waals surface area contributed by atoms with Gasteiger partial charge in [-0.1, -0.05) is 13.3 Å². The van der Waals surface area contributed by atoms with Crippen molar-refractivity contribution in [3.63, 3.8) is 0 Å². The van der Waals surface area contributed by atoms with Gasteiger partial charge < -0.3 is 5.32 Å². The average molecular weight is 235 g/mol. The van der Waals surface area contributed by atoms with E-state index >= 15 is 0 Å². The molecule has 0 unspecified atom stereocenters. The maximum absolute atomic E-state index is 11.4. The molecule has 0 atom stereocenters. The molecule has 0 saturated carbocycles. The zero-order valence-electron chi connectivity index (χ0n) is 9.96. The van der Waals surface area contributed by atoms with Crippen LogP contribution < -0.4 is 5.32 Å². The summed E-state index contributed by atoms with van der Waals surface area (Å²) in [6, 6.07) is 0. The van der Waals surface area contributed by atoms with Gasteiger partial charge in [0.15, 0.2) is 9.84 Å². The van der Waals surface area contributed by atoms with Crippen LogP contribution in [0.2, 0.25) is 0 Å². The average Bonchev–Trinajstić information content (AvgIpc) is 1.95. The zero-order valence-corrected chi connectivity index (χ0v) is 10.8. The third-order valence-electron chi connectivity index (χ3n) is 1.67. The van der Waals surface area contributed by atoms with E-state index in [1.165, 1.54) is 0 Å². The highest BCUT2D eigenvalue weighted by atomic mass is 32.2. The van der Waals surface area contributed by atoms with Gasteiger partial charge in [-0.25, -0.2) is 8.42 Å². The van der Waals surface area contributed by atoms with Crippen LogP contribution in [0.1, 0.15) is 40.5 Å². The van der Waals surface area contributed by atoms with Crippen molar-refractivity contribution in [3.8, 4) is 0 Å². The molecule has 0 bridgehead atoms. The van der Waals surface area contributed by atoms with Crippen molar-refractivity contribution in [1.82, 2.24) is 5.32 Å². The highest BCUT2D eigenvalue weighted by Gasteiger charge is 2.20. The fraction of sp³-hybridized carbons (Fsp3) is 0.900. The number of rotatable bonds is 5. The number of carbonyl (C=O) groups excluding carboxylic acids is 1. The number of hydrogen-bond donors (Lipinski definition) is 1. The Labute approximate surface area is 92.4 Å². The van der Waals surface area contributed by atoms with Crippen molar-refractivity contribution in [1.29, 1.82) is 0 Å². The van der Waals surface area contributed by atoms with Crippen molar-refractivity contribution in [2.45, 2.75) is 46.1 Å². The monoisotopic (exact) mass is 235 g/mol. The number of unbranched alkanes of at least 4 members (excludes halogenated alkanes) is 1. The second kappa shape index (κ2) is 5.49. The highest BCUT2D eigenvalue weighted by molar-refractivity contribution is 7.92. The Morgan fingerprint density at radius 3 is 2.20 bits per heavy atom. The van der Waals surface area contributed by atoms with Gasteiger partial charge in [0.1, 0.15) is 5.75 Å². The SMILES string of the molecule is CCCCS(=O)(=O)CC(=O)NC(C)(C)C. The molecule has 0 saturated heterocycles.